The number of benzene rings is 2. The third kappa shape index (κ3) is 4.17. The van der Waals surface area contributed by atoms with Crippen LogP contribution < -0.4 is 14.2 Å². The van der Waals surface area contributed by atoms with E-state index in [9.17, 15) is 0 Å². The van der Waals surface area contributed by atoms with Gasteiger partial charge in [-0.05, 0) is 55.0 Å². The van der Waals surface area contributed by atoms with Crippen molar-refractivity contribution in [2.24, 2.45) is 5.10 Å². The van der Waals surface area contributed by atoms with Crippen LogP contribution in [0.25, 0.3) is 11.4 Å². The first-order chi connectivity index (χ1) is 13.2. The summed E-state index contributed by atoms with van der Waals surface area (Å²) in [6, 6.07) is 13.1. The van der Waals surface area contributed by atoms with Gasteiger partial charge in [0.2, 0.25) is 4.77 Å². The lowest BCUT2D eigenvalue weighted by Crippen LogP contribution is -1.98. The second kappa shape index (κ2) is 8.50. The highest BCUT2D eigenvalue weighted by Gasteiger charge is 2.09. The van der Waals surface area contributed by atoms with Crippen LogP contribution in [0.2, 0.25) is 0 Å². The summed E-state index contributed by atoms with van der Waals surface area (Å²) in [5.41, 5.74) is 1.68. The Hall–Kier alpha value is -3.13. The summed E-state index contributed by atoms with van der Waals surface area (Å²) < 4.78 is 18.1. The Balaban J connectivity index is 1.94. The molecule has 0 radical (unpaired) electrons. The molecule has 1 N–H and O–H groups in total. The number of hydrogen-bond donors (Lipinski definition) is 1. The summed E-state index contributed by atoms with van der Waals surface area (Å²) in [5, 5.41) is 11.5. The lowest BCUT2D eigenvalue weighted by Gasteiger charge is -2.09. The zero-order valence-corrected chi connectivity index (χ0v) is 16.1. The fourth-order valence-electron chi connectivity index (χ4n) is 2.51. The molecule has 1 heterocycles. The number of aromatic amines is 1. The number of hydrogen-bond acceptors (Lipinski definition) is 6. The van der Waals surface area contributed by atoms with E-state index in [4.69, 9.17) is 26.4 Å². The average Bonchev–Trinajstić information content (AvgIpc) is 3.07. The van der Waals surface area contributed by atoms with E-state index in [0.29, 0.717) is 28.7 Å². The third-order valence-electron chi connectivity index (χ3n) is 3.79. The van der Waals surface area contributed by atoms with Crippen molar-refractivity contribution in [3.8, 4) is 28.6 Å². The average molecular weight is 384 g/mol. The lowest BCUT2D eigenvalue weighted by molar-refractivity contribution is 0.311. The van der Waals surface area contributed by atoms with Gasteiger partial charge in [-0.25, -0.2) is 5.10 Å². The smallest absolute Gasteiger partial charge is 0.216 e. The van der Waals surface area contributed by atoms with Crippen LogP contribution in [-0.4, -0.2) is 41.9 Å². The molecule has 0 amide bonds. The number of ether oxygens (including phenoxy) is 3. The number of rotatable bonds is 7. The highest BCUT2D eigenvalue weighted by molar-refractivity contribution is 7.71. The Morgan fingerprint density at radius 1 is 1.15 bits per heavy atom. The maximum atomic E-state index is 5.53. The minimum Gasteiger partial charge on any atom is -0.497 e. The Bertz CT molecular complexity index is 1010. The quantitative estimate of drug-likeness (QED) is 0.494. The van der Waals surface area contributed by atoms with Crippen molar-refractivity contribution in [1.82, 2.24) is 14.9 Å². The van der Waals surface area contributed by atoms with Crippen molar-refractivity contribution in [2.75, 3.05) is 20.8 Å². The van der Waals surface area contributed by atoms with E-state index in [1.807, 2.05) is 49.4 Å². The van der Waals surface area contributed by atoms with Crippen LogP contribution in [0.4, 0.5) is 0 Å². The third-order valence-corrected chi connectivity index (χ3v) is 4.05. The summed E-state index contributed by atoms with van der Waals surface area (Å²) in [6.07, 6.45) is 1.69. The van der Waals surface area contributed by atoms with E-state index >= 15 is 0 Å². The Kier molecular flexibility index (Phi) is 5.87. The summed E-state index contributed by atoms with van der Waals surface area (Å²) in [7, 11) is 3.22. The van der Waals surface area contributed by atoms with Crippen molar-refractivity contribution in [1.29, 1.82) is 0 Å². The minimum atomic E-state index is 0.391. The zero-order chi connectivity index (χ0) is 19.2. The fraction of sp³-hybridized carbons (Fsp3) is 0.211. The summed E-state index contributed by atoms with van der Waals surface area (Å²) in [5.74, 6) is 2.65. The van der Waals surface area contributed by atoms with Gasteiger partial charge in [-0.3, -0.25) is 0 Å². The van der Waals surface area contributed by atoms with E-state index in [1.165, 1.54) is 0 Å². The molecule has 3 aromatic rings. The van der Waals surface area contributed by atoms with Crippen LogP contribution in [0.15, 0.2) is 47.6 Å². The Labute approximate surface area is 162 Å². The van der Waals surface area contributed by atoms with Gasteiger partial charge in [0.25, 0.3) is 0 Å². The molecular weight excluding hydrogens is 364 g/mol. The van der Waals surface area contributed by atoms with Crippen LogP contribution in [0.5, 0.6) is 17.2 Å². The molecule has 140 valence electrons. The number of nitrogens with one attached hydrogen (secondary N) is 1. The molecule has 0 bridgehead atoms. The molecular formula is C19H20N4O3S. The number of H-pyrrole nitrogens is 1. The van der Waals surface area contributed by atoms with Gasteiger partial charge in [0, 0.05) is 5.56 Å². The highest BCUT2D eigenvalue weighted by Crippen LogP contribution is 2.27. The molecule has 0 saturated heterocycles. The summed E-state index contributed by atoms with van der Waals surface area (Å²) in [4.78, 5) is 0. The first-order valence-corrected chi connectivity index (χ1v) is 8.74. The second-order valence-electron chi connectivity index (χ2n) is 5.48. The number of aromatic nitrogens is 3. The highest BCUT2D eigenvalue weighted by atomic mass is 32.1. The molecule has 0 fully saturated rings. The predicted octanol–water partition coefficient (Wildman–Crippen LogP) is 3.91. The van der Waals surface area contributed by atoms with Crippen LogP contribution in [0.3, 0.4) is 0 Å². The van der Waals surface area contributed by atoms with Crippen LogP contribution in [-0.2, 0) is 0 Å². The molecule has 0 spiro atoms. The van der Waals surface area contributed by atoms with Gasteiger partial charge in [0.05, 0.1) is 27.0 Å². The lowest BCUT2D eigenvalue weighted by atomic mass is 10.2. The number of methoxy groups -OCH3 is 2. The SMILES string of the molecule is CCOc1ccc(/C=N/n2c(-c3cccc(OC)c3)n[nH]c2=S)cc1OC. The zero-order valence-electron chi connectivity index (χ0n) is 15.3. The fourth-order valence-corrected chi connectivity index (χ4v) is 2.69. The largest absolute Gasteiger partial charge is 0.497 e. The maximum Gasteiger partial charge on any atom is 0.216 e. The van der Waals surface area contributed by atoms with Crippen molar-refractivity contribution in [3.05, 3.63) is 52.8 Å². The first kappa shape index (κ1) is 18.7. The Morgan fingerprint density at radius 3 is 2.74 bits per heavy atom. The van der Waals surface area contributed by atoms with E-state index in [0.717, 1.165) is 16.9 Å². The van der Waals surface area contributed by atoms with E-state index in [2.05, 4.69) is 15.3 Å². The molecule has 0 atom stereocenters. The van der Waals surface area contributed by atoms with E-state index < -0.39 is 0 Å². The van der Waals surface area contributed by atoms with Gasteiger partial charge in [0.1, 0.15) is 5.75 Å². The summed E-state index contributed by atoms with van der Waals surface area (Å²) >= 11 is 5.31. The van der Waals surface area contributed by atoms with Gasteiger partial charge in [0.15, 0.2) is 17.3 Å². The van der Waals surface area contributed by atoms with Gasteiger partial charge in [-0.1, -0.05) is 12.1 Å². The molecule has 1 aromatic heterocycles. The Morgan fingerprint density at radius 2 is 2.00 bits per heavy atom. The van der Waals surface area contributed by atoms with Crippen molar-refractivity contribution >= 4 is 18.4 Å². The van der Waals surface area contributed by atoms with Crippen molar-refractivity contribution in [3.63, 3.8) is 0 Å². The van der Waals surface area contributed by atoms with E-state index in [-0.39, 0.29) is 0 Å². The first-order valence-electron chi connectivity index (χ1n) is 8.33. The van der Waals surface area contributed by atoms with Crippen LogP contribution >= 0.6 is 12.2 Å². The molecule has 0 saturated carbocycles. The van der Waals surface area contributed by atoms with Gasteiger partial charge >= 0.3 is 0 Å². The van der Waals surface area contributed by atoms with E-state index in [1.54, 1.807) is 25.1 Å². The standard InChI is InChI=1S/C19H20N4O3S/c1-4-26-16-9-8-13(10-17(16)25-3)12-20-23-18(21-22-19(23)27)14-6-5-7-15(11-14)24-2/h5-12H,4H2,1-3H3,(H,22,27)/b20-12+. The molecule has 7 nitrogen and oxygen atoms in total. The molecule has 0 aliphatic carbocycles. The monoisotopic (exact) mass is 384 g/mol. The molecule has 27 heavy (non-hydrogen) atoms. The minimum absolute atomic E-state index is 0.391. The van der Waals surface area contributed by atoms with Gasteiger partial charge < -0.3 is 14.2 Å². The van der Waals surface area contributed by atoms with Crippen LogP contribution in [0.1, 0.15) is 12.5 Å². The normalized spacial score (nSPS) is 10.9. The topological polar surface area (TPSA) is 73.7 Å². The van der Waals surface area contributed by atoms with Crippen molar-refractivity contribution < 1.29 is 14.2 Å². The van der Waals surface area contributed by atoms with Gasteiger partial charge in [-0.15, -0.1) is 0 Å². The molecule has 2 aromatic carbocycles. The van der Waals surface area contributed by atoms with Gasteiger partial charge in [-0.2, -0.15) is 14.9 Å². The van der Waals surface area contributed by atoms with Crippen molar-refractivity contribution in [2.45, 2.75) is 6.92 Å². The molecule has 8 heteroatoms. The molecule has 0 unspecified atom stereocenters. The predicted molar refractivity (Wildman–Crippen MR) is 107 cm³/mol. The molecule has 3 rings (SSSR count). The maximum absolute atomic E-state index is 5.53. The summed E-state index contributed by atoms with van der Waals surface area (Å²) in [6.45, 7) is 2.49. The molecule has 0 aliphatic heterocycles. The second-order valence-corrected chi connectivity index (χ2v) is 5.87. The number of nitrogens with zero attached hydrogens (tertiary/aromatic N) is 3. The van der Waals surface area contributed by atoms with Crippen LogP contribution in [0, 0.1) is 4.77 Å². The molecule has 0 aliphatic rings.